The average molecular weight is 327 g/mol. The van der Waals surface area contributed by atoms with Crippen LogP contribution >= 0.6 is 0 Å². The molecule has 0 saturated heterocycles. The Hall–Kier alpha value is -1.56. The average Bonchev–Trinajstić information content (AvgIpc) is 3.29. The maximum absolute atomic E-state index is 12.8. The number of carbonyl (C=O) groups is 1. The first kappa shape index (κ1) is 16.3. The summed E-state index contributed by atoms with van der Waals surface area (Å²) in [5.74, 6) is -0.594. The minimum atomic E-state index is -4.37. The number of halogens is 3. The van der Waals surface area contributed by atoms with Gasteiger partial charge in [-0.2, -0.15) is 13.2 Å². The molecule has 23 heavy (non-hydrogen) atoms. The lowest BCUT2D eigenvalue weighted by Gasteiger charge is -2.28. The second-order valence-corrected chi connectivity index (χ2v) is 6.54. The Kier molecular flexibility index (Phi) is 4.36. The van der Waals surface area contributed by atoms with E-state index in [-0.39, 0.29) is 23.8 Å². The molecule has 0 aliphatic heterocycles. The first-order chi connectivity index (χ1) is 10.9. The molecule has 0 bridgehead atoms. The largest absolute Gasteiger partial charge is 0.416 e. The van der Waals surface area contributed by atoms with Crippen LogP contribution in [0.2, 0.25) is 0 Å². The molecular weight excluding hydrogens is 307 g/mol. The second-order valence-electron chi connectivity index (χ2n) is 6.54. The highest BCUT2D eigenvalue weighted by Gasteiger charge is 2.45. The van der Waals surface area contributed by atoms with E-state index in [1.807, 2.05) is 0 Å². The van der Waals surface area contributed by atoms with E-state index in [4.69, 9.17) is 0 Å². The standard InChI is InChI=1S/C17H20F3NO2/c18-17(19,20)11-5-3-4-10(8-11)12-9-13(12)16(23)21-14-6-1-2-7-15(14)22/h3-5,8,12-15,22H,1-2,6-7,9H2,(H,21,23). The van der Waals surface area contributed by atoms with Gasteiger partial charge in [0, 0.05) is 5.92 Å². The molecule has 1 aromatic carbocycles. The summed E-state index contributed by atoms with van der Waals surface area (Å²) >= 11 is 0. The van der Waals surface area contributed by atoms with Crippen LogP contribution in [0, 0.1) is 5.92 Å². The summed E-state index contributed by atoms with van der Waals surface area (Å²) in [4.78, 5) is 12.2. The number of amides is 1. The van der Waals surface area contributed by atoms with E-state index in [0.717, 1.165) is 31.4 Å². The van der Waals surface area contributed by atoms with E-state index < -0.39 is 17.8 Å². The van der Waals surface area contributed by atoms with E-state index >= 15 is 0 Å². The molecule has 0 spiro atoms. The van der Waals surface area contributed by atoms with Gasteiger partial charge in [-0.15, -0.1) is 0 Å². The van der Waals surface area contributed by atoms with Crippen molar-refractivity contribution >= 4 is 5.91 Å². The van der Waals surface area contributed by atoms with Crippen molar-refractivity contribution in [3.8, 4) is 0 Å². The highest BCUT2D eigenvalue weighted by molar-refractivity contribution is 5.83. The van der Waals surface area contributed by atoms with Crippen LogP contribution in [0.4, 0.5) is 13.2 Å². The third-order valence-electron chi connectivity index (χ3n) is 4.83. The lowest BCUT2D eigenvalue weighted by Crippen LogP contribution is -2.45. The Morgan fingerprint density at radius 3 is 2.65 bits per heavy atom. The zero-order chi connectivity index (χ0) is 16.6. The molecule has 0 aromatic heterocycles. The van der Waals surface area contributed by atoms with Crippen molar-refractivity contribution < 1.29 is 23.1 Å². The molecule has 3 rings (SSSR count). The Morgan fingerprint density at radius 2 is 1.96 bits per heavy atom. The monoisotopic (exact) mass is 327 g/mol. The molecule has 2 N–H and O–H groups in total. The van der Waals surface area contributed by atoms with Crippen molar-refractivity contribution in [3.63, 3.8) is 0 Å². The lowest BCUT2D eigenvalue weighted by molar-refractivity contribution is -0.137. The van der Waals surface area contributed by atoms with Gasteiger partial charge in [-0.05, 0) is 36.8 Å². The smallest absolute Gasteiger partial charge is 0.391 e. The molecule has 1 amide bonds. The Morgan fingerprint density at radius 1 is 1.22 bits per heavy atom. The number of alkyl halides is 3. The van der Waals surface area contributed by atoms with Crippen molar-refractivity contribution in [3.05, 3.63) is 35.4 Å². The quantitative estimate of drug-likeness (QED) is 0.895. The van der Waals surface area contributed by atoms with Gasteiger partial charge in [-0.1, -0.05) is 31.0 Å². The zero-order valence-electron chi connectivity index (χ0n) is 12.6. The van der Waals surface area contributed by atoms with Gasteiger partial charge >= 0.3 is 6.18 Å². The molecule has 3 nitrogen and oxygen atoms in total. The number of rotatable bonds is 3. The van der Waals surface area contributed by atoms with Crippen LogP contribution in [0.3, 0.4) is 0 Å². The van der Waals surface area contributed by atoms with Crippen molar-refractivity contribution in [2.45, 2.75) is 56.3 Å². The van der Waals surface area contributed by atoms with Gasteiger partial charge in [0.1, 0.15) is 0 Å². The number of benzene rings is 1. The highest BCUT2D eigenvalue weighted by atomic mass is 19.4. The molecule has 6 heteroatoms. The Balaban J connectivity index is 1.62. The lowest BCUT2D eigenvalue weighted by atomic mass is 9.92. The van der Waals surface area contributed by atoms with E-state index in [9.17, 15) is 23.1 Å². The van der Waals surface area contributed by atoms with Crippen molar-refractivity contribution in [2.75, 3.05) is 0 Å². The Labute approximate surface area is 132 Å². The molecule has 2 saturated carbocycles. The van der Waals surface area contributed by atoms with Gasteiger partial charge in [-0.25, -0.2) is 0 Å². The van der Waals surface area contributed by atoms with Gasteiger partial charge in [0.05, 0.1) is 17.7 Å². The van der Waals surface area contributed by atoms with Crippen molar-refractivity contribution in [1.82, 2.24) is 5.32 Å². The topological polar surface area (TPSA) is 49.3 Å². The molecule has 2 fully saturated rings. The maximum atomic E-state index is 12.8. The summed E-state index contributed by atoms with van der Waals surface area (Å²) in [5, 5.41) is 12.8. The van der Waals surface area contributed by atoms with E-state index in [1.54, 1.807) is 6.07 Å². The minimum absolute atomic E-state index is 0.154. The van der Waals surface area contributed by atoms with Gasteiger partial charge < -0.3 is 10.4 Å². The molecule has 1 aromatic rings. The fourth-order valence-electron chi connectivity index (χ4n) is 3.37. The zero-order valence-corrected chi connectivity index (χ0v) is 12.6. The molecule has 2 aliphatic rings. The summed E-state index contributed by atoms with van der Waals surface area (Å²) in [6.45, 7) is 0. The van der Waals surface area contributed by atoms with Gasteiger partial charge in [0.25, 0.3) is 0 Å². The summed E-state index contributed by atoms with van der Waals surface area (Å²) in [6, 6.07) is 4.98. The third kappa shape index (κ3) is 3.68. The number of aliphatic hydroxyl groups is 1. The molecule has 4 atom stereocenters. The van der Waals surface area contributed by atoms with Crippen LogP contribution in [-0.2, 0) is 11.0 Å². The van der Waals surface area contributed by atoms with E-state index in [2.05, 4.69) is 5.32 Å². The fourth-order valence-corrected chi connectivity index (χ4v) is 3.37. The molecule has 2 aliphatic carbocycles. The number of hydrogen-bond donors (Lipinski definition) is 2. The molecular formula is C17H20F3NO2. The van der Waals surface area contributed by atoms with Crippen LogP contribution in [0.25, 0.3) is 0 Å². The first-order valence-corrected chi connectivity index (χ1v) is 8.02. The predicted octanol–water partition coefficient (Wildman–Crippen LogP) is 3.23. The fraction of sp³-hybridized carbons (Fsp3) is 0.588. The van der Waals surface area contributed by atoms with E-state index in [0.29, 0.717) is 18.4 Å². The molecule has 0 radical (unpaired) electrons. The first-order valence-electron chi connectivity index (χ1n) is 8.02. The maximum Gasteiger partial charge on any atom is 0.416 e. The van der Waals surface area contributed by atoms with Crippen LogP contribution in [0.5, 0.6) is 0 Å². The van der Waals surface area contributed by atoms with Crippen LogP contribution in [0.15, 0.2) is 24.3 Å². The minimum Gasteiger partial charge on any atom is -0.391 e. The van der Waals surface area contributed by atoms with Crippen LogP contribution in [0.1, 0.15) is 49.1 Å². The number of hydrogen-bond acceptors (Lipinski definition) is 2. The Bertz CT molecular complexity index is 587. The van der Waals surface area contributed by atoms with Crippen LogP contribution in [-0.4, -0.2) is 23.2 Å². The number of nitrogens with one attached hydrogen (secondary N) is 1. The van der Waals surface area contributed by atoms with Crippen molar-refractivity contribution in [1.29, 1.82) is 0 Å². The van der Waals surface area contributed by atoms with E-state index in [1.165, 1.54) is 6.07 Å². The number of aliphatic hydroxyl groups excluding tert-OH is 1. The predicted molar refractivity (Wildman–Crippen MR) is 78.7 cm³/mol. The SMILES string of the molecule is O=C(NC1CCCCC1O)C1CC1c1cccc(C(F)(F)F)c1. The highest BCUT2D eigenvalue weighted by Crippen LogP contribution is 2.48. The molecule has 0 heterocycles. The van der Waals surface area contributed by atoms with Gasteiger partial charge in [-0.3, -0.25) is 4.79 Å². The normalized spacial score (nSPS) is 30.8. The summed E-state index contributed by atoms with van der Waals surface area (Å²) in [7, 11) is 0. The number of carbonyl (C=O) groups excluding carboxylic acids is 1. The molecule has 4 unspecified atom stereocenters. The van der Waals surface area contributed by atoms with Gasteiger partial charge in [0.15, 0.2) is 0 Å². The molecule has 126 valence electrons. The van der Waals surface area contributed by atoms with Gasteiger partial charge in [0.2, 0.25) is 5.91 Å². The van der Waals surface area contributed by atoms with Crippen LogP contribution < -0.4 is 5.32 Å². The summed E-state index contributed by atoms with van der Waals surface area (Å²) < 4.78 is 38.3. The van der Waals surface area contributed by atoms with Crippen molar-refractivity contribution in [2.24, 2.45) is 5.92 Å². The second kappa shape index (κ2) is 6.15. The summed E-state index contributed by atoms with van der Waals surface area (Å²) in [5.41, 5.74) is -0.118. The third-order valence-corrected chi connectivity index (χ3v) is 4.83. The summed E-state index contributed by atoms with van der Waals surface area (Å²) in [6.07, 6.45) is -0.933.